The maximum atomic E-state index is 12.4. The number of aromatic nitrogens is 1. The van der Waals surface area contributed by atoms with E-state index in [0.717, 1.165) is 5.69 Å². The van der Waals surface area contributed by atoms with Gasteiger partial charge in [-0.25, -0.2) is 4.90 Å². The molecule has 0 saturated carbocycles. The summed E-state index contributed by atoms with van der Waals surface area (Å²) in [6.07, 6.45) is 1.88. The van der Waals surface area contributed by atoms with Crippen LogP contribution in [0.2, 0.25) is 0 Å². The van der Waals surface area contributed by atoms with E-state index in [1.165, 1.54) is 4.90 Å². The van der Waals surface area contributed by atoms with Gasteiger partial charge in [-0.05, 0) is 24.3 Å². The zero-order valence-corrected chi connectivity index (χ0v) is 11.4. The van der Waals surface area contributed by atoms with Crippen LogP contribution in [0.3, 0.4) is 0 Å². The Morgan fingerprint density at radius 3 is 2.57 bits per heavy atom. The van der Waals surface area contributed by atoms with Crippen molar-refractivity contribution in [1.29, 1.82) is 0 Å². The maximum Gasteiger partial charge on any atom is 0.251 e. The summed E-state index contributed by atoms with van der Waals surface area (Å²) in [5.41, 5.74) is 1.46. The third kappa shape index (κ3) is 2.83. The number of rotatable bonds is 4. The standard InChI is InChI=1S/C16H15N3O2/c20-15-10-14(18-11-12-6-4-5-9-17-12)16(21)19(15)13-7-2-1-3-8-13/h1-9,14,18H,10-11H2. The van der Waals surface area contributed by atoms with E-state index in [2.05, 4.69) is 10.3 Å². The van der Waals surface area contributed by atoms with E-state index in [0.29, 0.717) is 12.2 Å². The van der Waals surface area contributed by atoms with Gasteiger partial charge in [0, 0.05) is 12.7 Å². The first-order valence-electron chi connectivity index (χ1n) is 6.81. The summed E-state index contributed by atoms with van der Waals surface area (Å²) in [6.45, 7) is 0.465. The molecule has 1 atom stereocenters. The monoisotopic (exact) mass is 281 g/mol. The number of para-hydroxylation sites is 1. The number of imide groups is 1. The summed E-state index contributed by atoms with van der Waals surface area (Å²) >= 11 is 0. The van der Waals surface area contributed by atoms with Crippen LogP contribution in [0.5, 0.6) is 0 Å². The van der Waals surface area contributed by atoms with Gasteiger partial charge in [0.2, 0.25) is 5.91 Å². The van der Waals surface area contributed by atoms with Crippen molar-refractivity contribution in [3.05, 3.63) is 60.4 Å². The van der Waals surface area contributed by atoms with Crippen molar-refractivity contribution in [2.45, 2.75) is 19.0 Å². The van der Waals surface area contributed by atoms with Crippen molar-refractivity contribution in [1.82, 2.24) is 10.3 Å². The van der Waals surface area contributed by atoms with Crippen LogP contribution in [0.15, 0.2) is 54.7 Å². The van der Waals surface area contributed by atoms with Crippen LogP contribution in [-0.2, 0) is 16.1 Å². The minimum atomic E-state index is -0.486. The van der Waals surface area contributed by atoms with E-state index in [1.807, 2.05) is 36.4 Å². The number of amides is 2. The van der Waals surface area contributed by atoms with Crippen molar-refractivity contribution in [3.63, 3.8) is 0 Å². The smallest absolute Gasteiger partial charge is 0.251 e. The van der Waals surface area contributed by atoms with Crippen LogP contribution < -0.4 is 10.2 Å². The van der Waals surface area contributed by atoms with Crippen LogP contribution in [0.4, 0.5) is 5.69 Å². The summed E-state index contributed by atoms with van der Waals surface area (Å²) in [5, 5.41) is 3.10. The molecule has 0 bridgehead atoms. The SMILES string of the molecule is O=C1CC(NCc2ccccn2)C(=O)N1c1ccccc1. The molecule has 1 saturated heterocycles. The molecule has 0 radical (unpaired) electrons. The lowest BCUT2D eigenvalue weighted by atomic mass is 10.2. The lowest BCUT2D eigenvalue weighted by Gasteiger charge is -2.15. The van der Waals surface area contributed by atoms with Crippen molar-refractivity contribution < 1.29 is 9.59 Å². The Labute approximate surface area is 122 Å². The molecule has 5 nitrogen and oxygen atoms in total. The normalized spacial score (nSPS) is 18.3. The van der Waals surface area contributed by atoms with Gasteiger partial charge in [-0.3, -0.25) is 19.9 Å². The van der Waals surface area contributed by atoms with Crippen molar-refractivity contribution in [2.75, 3.05) is 4.90 Å². The number of nitrogens with zero attached hydrogens (tertiary/aromatic N) is 2. The highest BCUT2D eigenvalue weighted by Crippen LogP contribution is 2.22. The lowest BCUT2D eigenvalue weighted by molar-refractivity contribution is -0.121. The van der Waals surface area contributed by atoms with Crippen LogP contribution >= 0.6 is 0 Å². The summed E-state index contributed by atoms with van der Waals surface area (Å²) in [7, 11) is 0. The fourth-order valence-corrected chi connectivity index (χ4v) is 2.37. The number of benzene rings is 1. The third-order valence-corrected chi connectivity index (χ3v) is 3.42. The van der Waals surface area contributed by atoms with Crippen LogP contribution in [-0.4, -0.2) is 22.8 Å². The Morgan fingerprint density at radius 2 is 1.86 bits per heavy atom. The van der Waals surface area contributed by atoms with Gasteiger partial charge in [0.1, 0.15) is 0 Å². The van der Waals surface area contributed by atoms with E-state index in [1.54, 1.807) is 18.3 Å². The first kappa shape index (κ1) is 13.5. The topological polar surface area (TPSA) is 62.3 Å². The molecule has 0 aliphatic carbocycles. The first-order valence-corrected chi connectivity index (χ1v) is 6.81. The quantitative estimate of drug-likeness (QED) is 0.863. The number of pyridine rings is 1. The predicted octanol–water partition coefficient (Wildman–Crippen LogP) is 1.50. The zero-order chi connectivity index (χ0) is 14.7. The molecule has 1 unspecified atom stereocenters. The fourth-order valence-electron chi connectivity index (χ4n) is 2.37. The molecule has 3 rings (SSSR count). The molecular formula is C16H15N3O2. The van der Waals surface area contributed by atoms with Crippen LogP contribution in [0.25, 0.3) is 0 Å². The molecule has 1 aliphatic rings. The van der Waals surface area contributed by atoms with Gasteiger partial charge in [-0.1, -0.05) is 24.3 Å². The summed E-state index contributed by atoms with van der Waals surface area (Å²) in [6, 6.07) is 14.1. The molecule has 1 fully saturated rings. The third-order valence-electron chi connectivity index (χ3n) is 3.42. The number of hydrogen-bond donors (Lipinski definition) is 1. The average molecular weight is 281 g/mol. The largest absolute Gasteiger partial charge is 0.300 e. The molecule has 1 aromatic carbocycles. The molecular weight excluding hydrogens is 266 g/mol. The number of nitrogens with one attached hydrogen (secondary N) is 1. The van der Waals surface area contributed by atoms with Gasteiger partial charge in [0.05, 0.1) is 23.8 Å². The Kier molecular flexibility index (Phi) is 3.75. The van der Waals surface area contributed by atoms with E-state index in [-0.39, 0.29) is 18.2 Å². The van der Waals surface area contributed by atoms with E-state index in [4.69, 9.17) is 0 Å². The number of anilines is 1. The molecule has 1 aromatic heterocycles. The molecule has 2 aromatic rings. The molecule has 0 spiro atoms. The summed E-state index contributed by atoms with van der Waals surface area (Å²) < 4.78 is 0. The van der Waals surface area contributed by atoms with E-state index < -0.39 is 6.04 Å². The van der Waals surface area contributed by atoms with Gasteiger partial charge >= 0.3 is 0 Å². The number of carbonyl (C=O) groups is 2. The van der Waals surface area contributed by atoms with Crippen LogP contribution in [0.1, 0.15) is 12.1 Å². The zero-order valence-electron chi connectivity index (χ0n) is 11.4. The Hall–Kier alpha value is -2.53. The molecule has 21 heavy (non-hydrogen) atoms. The van der Waals surface area contributed by atoms with Gasteiger partial charge in [0.25, 0.3) is 5.91 Å². The highest BCUT2D eigenvalue weighted by atomic mass is 16.2. The highest BCUT2D eigenvalue weighted by molar-refractivity contribution is 6.22. The Balaban J connectivity index is 1.69. The van der Waals surface area contributed by atoms with Crippen molar-refractivity contribution >= 4 is 17.5 Å². The van der Waals surface area contributed by atoms with Crippen molar-refractivity contribution in [2.24, 2.45) is 0 Å². The Bertz CT molecular complexity index is 643. The maximum absolute atomic E-state index is 12.4. The lowest BCUT2D eigenvalue weighted by Crippen LogP contribution is -2.38. The molecule has 2 heterocycles. The summed E-state index contributed by atoms with van der Waals surface area (Å²) in [5.74, 6) is -0.383. The van der Waals surface area contributed by atoms with E-state index >= 15 is 0 Å². The van der Waals surface area contributed by atoms with Gasteiger partial charge in [0.15, 0.2) is 0 Å². The minimum Gasteiger partial charge on any atom is -0.300 e. The van der Waals surface area contributed by atoms with Gasteiger partial charge in [-0.15, -0.1) is 0 Å². The molecule has 2 amide bonds. The van der Waals surface area contributed by atoms with E-state index in [9.17, 15) is 9.59 Å². The Morgan fingerprint density at radius 1 is 1.10 bits per heavy atom. The molecule has 1 N–H and O–H groups in total. The molecule has 5 heteroatoms. The first-order chi connectivity index (χ1) is 10.3. The second-order valence-electron chi connectivity index (χ2n) is 4.86. The van der Waals surface area contributed by atoms with Gasteiger partial charge < -0.3 is 0 Å². The molecule has 106 valence electrons. The van der Waals surface area contributed by atoms with Gasteiger partial charge in [-0.2, -0.15) is 0 Å². The average Bonchev–Trinajstić information content (AvgIpc) is 2.81. The second kappa shape index (κ2) is 5.85. The van der Waals surface area contributed by atoms with Crippen LogP contribution in [0, 0.1) is 0 Å². The second-order valence-corrected chi connectivity index (χ2v) is 4.86. The summed E-state index contributed by atoms with van der Waals surface area (Å²) in [4.78, 5) is 29.9. The fraction of sp³-hybridized carbons (Fsp3) is 0.188. The predicted molar refractivity (Wildman–Crippen MR) is 78.4 cm³/mol. The number of hydrogen-bond acceptors (Lipinski definition) is 4. The van der Waals surface area contributed by atoms with Crippen molar-refractivity contribution in [3.8, 4) is 0 Å². The minimum absolute atomic E-state index is 0.176. The highest BCUT2D eigenvalue weighted by Gasteiger charge is 2.39. The molecule has 1 aliphatic heterocycles. The number of carbonyl (C=O) groups excluding carboxylic acids is 2.